The van der Waals surface area contributed by atoms with Gasteiger partial charge in [0.25, 0.3) is 0 Å². The van der Waals surface area contributed by atoms with Gasteiger partial charge >= 0.3 is 0 Å². The third-order valence-corrected chi connectivity index (χ3v) is 5.25. The highest BCUT2D eigenvalue weighted by atomic mass is 127. The van der Waals surface area contributed by atoms with Gasteiger partial charge in [-0.3, -0.25) is 4.90 Å². The van der Waals surface area contributed by atoms with Crippen LogP contribution < -0.4 is 10.6 Å². The molecule has 2 aromatic rings. The molecule has 0 saturated carbocycles. The van der Waals surface area contributed by atoms with E-state index >= 15 is 0 Å². The standard InChI is InChI=1S/C20H29ClN6O.HI/c1-4-22-20(24-13-18-25-14(2)26-28-18)23-12-16-8-6-10-27(3)19(16)15-7-5-9-17(21)11-15;/h5,7,9,11,16,19H,4,6,8,10,12-13H2,1-3H3,(H2,22,23,24);1H. The van der Waals surface area contributed by atoms with Crippen LogP contribution in [-0.2, 0) is 6.54 Å². The van der Waals surface area contributed by atoms with Crippen molar-refractivity contribution in [2.24, 2.45) is 10.9 Å². The molecule has 9 heteroatoms. The summed E-state index contributed by atoms with van der Waals surface area (Å²) in [6.07, 6.45) is 2.35. The summed E-state index contributed by atoms with van der Waals surface area (Å²) in [5.74, 6) is 2.37. The summed E-state index contributed by atoms with van der Waals surface area (Å²) >= 11 is 6.25. The number of benzene rings is 1. The maximum atomic E-state index is 6.25. The Kier molecular flexibility index (Phi) is 9.64. The molecule has 0 bridgehead atoms. The van der Waals surface area contributed by atoms with E-state index in [1.165, 1.54) is 12.0 Å². The number of rotatable bonds is 6. The molecule has 1 saturated heterocycles. The van der Waals surface area contributed by atoms with E-state index in [9.17, 15) is 0 Å². The number of likely N-dealkylation sites (tertiary alicyclic amines) is 1. The topological polar surface area (TPSA) is 78.6 Å². The number of aliphatic imine (C=N–C) groups is 1. The van der Waals surface area contributed by atoms with Gasteiger partial charge in [-0.25, -0.2) is 4.99 Å². The van der Waals surface area contributed by atoms with Crippen molar-refractivity contribution >= 4 is 41.5 Å². The summed E-state index contributed by atoms with van der Waals surface area (Å²) < 4.78 is 5.14. The number of guanidine groups is 1. The van der Waals surface area contributed by atoms with Gasteiger partial charge in [0.2, 0.25) is 5.89 Å². The van der Waals surface area contributed by atoms with Gasteiger partial charge in [-0.2, -0.15) is 4.98 Å². The van der Waals surface area contributed by atoms with Gasteiger partial charge in [-0.15, -0.1) is 24.0 Å². The Morgan fingerprint density at radius 3 is 2.90 bits per heavy atom. The third-order valence-electron chi connectivity index (χ3n) is 5.02. The van der Waals surface area contributed by atoms with Gasteiger partial charge in [0.15, 0.2) is 11.8 Å². The minimum Gasteiger partial charge on any atom is -0.357 e. The molecule has 1 aromatic heterocycles. The number of nitrogens with zero attached hydrogens (tertiary/aromatic N) is 4. The molecule has 29 heavy (non-hydrogen) atoms. The third kappa shape index (κ3) is 6.82. The molecular formula is C20H30ClIN6O. The predicted octanol–water partition coefficient (Wildman–Crippen LogP) is 3.79. The lowest BCUT2D eigenvalue weighted by Gasteiger charge is -2.40. The molecule has 3 rings (SSSR count). The molecule has 7 nitrogen and oxygen atoms in total. The lowest BCUT2D eigenvalue weighted by molar-refractivity contribution is 0.122. The molecule has 2 heterocycles. The second kappa shape index (κ2) is 11.7. The molecule has 2 N–H and O–H groups in total. The van der Waals surface area contributed by atoms with Crippen LogP contribution in [0.4, 0.5) is 0 Å². The van der Waals surface area contributed by atoms with Crippen molar-refractivity contribution in [1.29, 1.82) is 0 Å². The fraction of sp³-hybridized carbons (Fsp3) is 0.550. The SMILES string of the molecule is CCNC(=NCc1nc(C)no1)NCC1CCCN(C)C1c1cccc(Cl)c1.I. The molecule has 0 aliphatic carbocycles. The zero-order valence-corrected chi connectivity index (χ0v) is 20.3. The average molecular weight is 533 g/mol. The van der Waals surface area contributed by atoms with E-state index < -0.39 is 0 Å². The summed E-state index contributed by atoms with van der Waals surface area (Å²) in [7, 11) is 2.19. The Bertz CT molecular complexity index is 799. The predicted molar refractivity (Wildman–Crippen MR) is 127 cm³/mol. The summed E-state index contributed by atoms with van der Waals surface area (Å²) in [5.41, 5.74) is 1.27. The molecule has 0 spiro atoms. The minimum atomic E-state index is 0. The van der Waals surface area contributed by atoms with Crippen molar-refractivity contribution in [1.82, 2.24) is 25.7 Å². The van der Waals surface area contributed by atoms with Gasteiger partial charge in [-0.1, -0.05) is 28.9 Å². The number of hydrogen-bond donors (Lipinski definition) is 2. The van der Waals surface area contributed by atoms with Crippen molar-refractivity contribution in [3.8, 4) is 0 Å². The van der Waals surface area contributed by atoms with Crippen LogP contribution in [0.5, 0.6) is 0 Å². The summed E-state index contributed by atoms with van der Waals surface area (Å²) in [6, 6.07) is 8.54. The molecule has 1 aromatic carbocycles. The number of hydrogen-bond acceptors (Lipinski definition) is 5. The van der Waals surface area contributed by atoms with Crippen molar-refractivity contribution in [2.75, 3.05) is 26.7 Å². The number of aryl methyl sites for hydroxylation is 1. The monoisotopic (exact) mass is 532 g/mol. The Hall–Kier alpha value is -1.39. The molecule has 0 radical (unpaired) electrons. The lowest BCUT2D eigenvalue weighted by Crippen LogP contribution is -2.45. The Balaban J connectivity index is 0.00000300. The minimum absolute atomic E-state index is 0. The molecule has 160 valence electrons. The summed E-state index contributed by atoms with van der Waals surface area (Å²) in [5, 5.41) is 11.4. The number of aromatic nitrogens is 2. The van der Waals surface area contributed by atoms with Gasteiger partial charge in [-0.05, 0) is 63.9 Å². The highest BCUT2D eigenvalue weighted by molar-refractivity contribution is 14.0. The van der Waals surface area contributed by atoms with Crippen LogP contribution in [0.25, 0.3) is 0 Å². The van der Waals surface area contributed by atoms with E-state index in [1.54, 1.807) is 6.92 Å². The molecule has 1 aliphatic heterocycles. The molecule has 0 amide bonds. The maximum Gasteiger partial charge on any atom is 0.248 e. The number of halogens is 2. The van der Waals surface area contributed by atoms with E-state index in [-0.39, 0.29) is 24.0 Å². The van der Waals surface area contributed by atoms with Gasteiger partial charge in [0, 0.05) is 24.2 Å². The van der Waals surface area contributed by atoms with E-state index in [4.69, 9.17) is 16.1 Å². The Morgan fingerprint density at radius 1 is 1.38 bits per heavy atom. The molecule has 2 unspecified atom stereocenters. The highest BCUT2D eigenvalue weighted by Crippen LogP contribution is 2.35. The molecule has 1 aliphatic rings. The van der Waals surface area contributed by atoms with E-state index in [0.29, 0.717) is 30.2 Å². The van der Waals surface area contributed by atoms with Crippen LogP contribution in [0.3, 0.4) is 0 Å². The van der Waals surface area contributed by atoms with E-state index in [0.717, 1.165) is 37.0 Å². The van der Waals surface area contributed by atoms with E-state index in [1.807, 2.05) is 12.1 Å². The van der Waals surface area contributed by atoms with Gasteiger partial charge in [0.05, 0.1) is 0 Å². The average Bonchev–Trinajstić information content (AvgIpc) is 3.09. The van der Waals surface area contributed by atoms with Crippen LogP contribution in [0.2, 0.25) is 5.02 Å². The molecule has 1 fully saturated rings. The first-order chi connectivity index (χ1) is 13.6. The van der Waals surface area contributed by atoms with Crippen molar-refractivity contribution in [3.05, 3.63) is 46.6 Å². The van der Waals surface area contributed by atoms with Crippen molar-refractivity contribution < 1.29 is 4.52 Å². The van der Waals surface area contributed by atoms with Gasteiger partial charge < -0.3 is 15.2 Å². The largest absolute Gasteiger partial charge is 0.357 e. The zero-order chi connectivity index (χ0) is 19.9. The first kappa shape index (κ1) is 23.9. The number of nitrogens with one attached hydrogen (secondary N) is 2. The first-order valence-electron chi connectivity index (χ1n) is 9.84. The Morgan fingerprint density at radius 2 is 2.21 bits per heavy atom. The van der Waals surface area contributed by atoms with Crippen molar-refractivity contribution in [3.63, 3.8) is 0 Å². The number of piperidine rings is 1. The van der Waals surface area contributed by atoms with Crippen LogP contribution in [-0.4, -0.2) is 47.7 Å². The van der Waals surface area contributed by atoms with Crippen LogP contribution in [0.1, 0.15) is 43.1 Å². The van der Waals surface area contributed by atoms with Gasteiger partial charge in [0.1, 0.15) is 6.54 Å². The second-order valence-corrected chi connectivity index (χ2v) is 7.63. The first-order valence-corrected chi connectivity index (χ1v) is 10.2. The quantitative estimate of drug-likeness (QED) is 0.335. The lowest BCUT2D eigenvalue weighted by atomic mass is 9.85. The molecular weight excluding hydrogens is 503 g/mol. The normalized spacial score (nSPS) is 20.2. The Labute approximate surface area is 194 Å². The zero-order valence-electron chi connectivity index (χ0n) is 17.2. The highest BCUT2D eigenvalue weighted by Gasteiger charge is 2.30. The summed E-state index contributed by atoms with van der Waals surface area (Å²) in [4.78, 5) is 11.2. The second-order valence-electron chi connectivity index (χ2n) is 7.19. The fourth-order valence-corrected chi connectivity index (χ4v) is 4.01. The molecule has 2 atom stereocenters. The fourth-order valence-electron chi connectivity index (χ4n) is 3.81. The van der Waals surface area contributed by atoms with Crippen LogP contribution in [0, 0.1) is 12.8 Å². The smallest absolute Gasteiger partial charge is 0.248 e. The van der Waals surface area contributed by atoms with Crippen LogP contribution >= 0.6 is 35.6 Å². The maximum absolute atomic E-state index is 6.25. The summed E-state index contributed by atoms with van der Waals surface area (Å²) in [6.45, 7) is 6.93. The van der Waals surface area contributed by atoms with Crippen molar-refractivity contribution in [2.45, 2.75) is 39.3 Å². The van der Waals surface area contributed by atoms with Crippen LogP contribution in [0.15, 0.2) is 33.8 Å². The van der Waals surface area contributed by atoms with E-state index in [2.05, 4.69) is 56.8 Å².